The minimum Gasteiger partial charge on any atom is -0.310 e. The van der Waals surface area contributed by atoms with Gasteiger partial charge >= 0.3 is 0 Å². The van der Waals surface area contributed by atoms with E-state index in [9.17, 15) is 0 Å². The van der Waals surface area contributed by atoms with Gasteiger partial charge in [-0.25, -0.2) is 4.68 Å². The van der Waals surface area contributed by atoms with Gasteiger partial charge in [-0.15, -0.1) is 5.10 Å². The van der Waals surface area contributed by atoms with Crippen LogP contribution in [0, 0.1) is 0 Å². The summed E-state index contributed by atoms with van der Waals surface area (Å²) in [5.74, 6) is 0. The quantitative estimate of drug-likeness (QED) is 0.788. The fourth-order valence-corrected chi connectivity index (χ4v) is 2.12. The van der Waals surface area contributed by atoms with E-state index in [4.69, 9.17) is 0 Å². The van der Waals surface area contributed by atoms with E-state index in [-0.39, 0.29) is 0 Å². The number of nitrogens with one attached hydrogen (secondary N) is 1. The zero-order chi connectivity index (χ0) is 13.9. The lowest BCUT2D eigenvalue weighted by Gasteiger charge is -2.12. The Hall–Kier alpha value is -2.27. The Balaban J connectivity index is 2.05. The van der Waals surface area contributed by atoms with Crippen LogP contribution < -0.4 is 5.32 Å². The van der Waals surface area contributed by atoms with Gasteiger partial charge in [-0.05, 0) is 18.2 Å². The fraction of sp³-hybridized carbons (Fsp3) is 0.267. The summed E-state index contributed by atoms with van der Waals surface area (Å²) in [5, 5.41) is 11.9. The van der Waals surface area contributed by atoms with Crippen molar-refractivity contribution in [1.29, 1.82) is 0 Å². The average molecular weight is 267 g/mol. The molecule has 0 saturated carbocycles. The topological polar surface area (TPSA) is 55.6 Å². The maximum atomic E-state index is 4.26. The van der Waals surface area contributed by atoms with Crippen molar-refractivity contribution in [3.8, 4) is 5.69 Å². The number of benzene rings is 1. The van der Waals surface area contributed by atoms with Crippen LogP contribution in [0.1, 0.15) is 19.4 Å². The molecule has 0 spiro atoms. The highest BCUT2D eigenvalue weighted by Crippen LogP contribution is 2.18. The molecule has 0 saturated heterocycles. The maximum Gasteiger partial charge on any atom is 0.113 e. The molecule has 0 radical (unpaired) electrons. The molecule has 0 aliphatic heterocycles. The molecule has 2 heterocycles. The summed E-state index contributed by atoms with van der Waals surface area (Å²) >= 11 is 0. The van der Waals surface area contributed by atoms with Crippen LogP contribution in [0.25, 0.3) is 16.7 Å². The van der Waals surface area contributed by atoms with Crippen molar-refractivity contribution < 1.29 is 0 Å². The first-order chi connectivity index (χ1) is 9.75. The molecule has 5 nitrogen and oxygen atoms in total. The van der Waals surface area contributed by atoms with E-state index in [1.54, 1.807) is 6.20 Å². The molecule has 0 atom stereocenters. The lowest BCUT2D eigenvalue weighted by atomic mass is 10.2. The van der Waals surface area contributed by atoms with Crippen molar-refractivity contribution in [3.05, 3.63) is 48.3 Å². The monoisotopic (exact) mass is 267 g/mol. The predicted octanol–water partition coefficient (Wildman–Crippen LogP) is 2.31. The summed E-state index contributed by atoms with van der Waals surface area (Å²) in [6, 6.07) is 10.3. The van der Waals surface area contributed by atoms with E-state index in [1.807, 2.05) is 41.2 Å². The van der Waals surface area contributed by atoms with Crippen LogP contribution in [0.4, 0.5) is 0 Å². The molecule has 1 N–H and O–H groups in total. The summed E-state index contributed by atoms with van der Waals surface area (Å²) in [4.78, 5) is 4.21. The van der Waals surface area contributed by atoms with Gasteiger partial charge in [0.1, 0.15) is 5.52 Å². The van der Waals surface area contributed by atoms with Gasteiger partial charge in [-0.2, -0.15) is 0 Å². The maximum absolute atomic E-state index is 4.26. The Morgan fingerprint density at radius 3 is 2.90 bits per heavy atom. The second-order valence-corrected chi connectivity index (χ2v) is 5.03. The Morgan fingerprint density at radius 1 is 1.20 bits per heavy atom. The molecule has 0 fully saturated rings. The highest BCUT2D eigenvalue weighted by molar-refractivity contribution is 5.76. The van der Waals surface area contributed by atoms with E-state index in [2.05, 4.69) is 34.5 Å². The van der Waals surface area contributed by atoms with Gasteiger partial charge < -0.3 is 5.32 Å². The zero-order valence-electron chi connectivity index (χ0n) is 11.6. The minimum atomic E-state index is 0.426. The summed E-state index contributed by atoms with van der Waals surface area (Å²) < 4.78 is 1.87. The smallest absolute Gasteiger partial charge is 0.113 e. The first kappa shape index (κ1) is 12.7. The number of fused-ring (bicyclic) bond motifs is 1. The van der Waals surface area contributed by atoms with Crippen molar-refractivity contribution in [1.82, 2.24) is 25.3 Å². The SMILES string of the molecule is CC(C)NCc1cnccc1-n1nnc2ccccc21. The van der Waals surface area contributed by atoms with E-state index in [1.165, 1.54) is 0 Å². The summed E-state index contributed by atoms with van der Waals surface area (Å²) in [6.07, 6.45) is 3.66. The molecule has 0 amide bonds. The normalized spacial score (nSPS) is 11.3. The van der Waals surface area contributed by atoms with Crippen LogP contribution in [-0.2, 0) is 6.54 Å². The molecule has 102 valence electrons. The van der Waals surface area contributed by atoms with Gasteiger partial charge in [0.15, 0.2) is 0 Å². The molecule has 0 aliphatic rings. The lowest BCUT2D eigenvalue weighted by molar-refractivity contribution is 0.585. The van der Waals surface area contributed by atoms with Crippen molar-refractivity contribution >= 4 is 11.0 Å². The van der Waals surface area contributed by atoms with Gasteiger partial charge in [-0.3, -0.25) is 4.98 Å². The molecule has 5 heteroatoms. The number of rotatable bonds is 4. The third-order valence-corrected chi connectivity index (χ3v) is 3.16. The lowest BCUT2D eigenvalue weighted by Crippen LogP contribution is -2.22. The van der Waals surface area contributed by atoms with E-state index in [0.29, 0.717) is 6.04 Å². The third-order valence-electron chi connectivity index (χ3n) is 3.16. The Kier molecular flexibility index (Phi) is 3.43. The molecule has 3 aromatic rings. The number of aromatic nitrogens is 4. The number of hydrogen-bond donors (Lipinski definition) is 1. The van der Waals surface area contributed by atoms with Gasteiger partial charge in [0.2, 0.25) is 0 Å². The zero-order valence-corrected chi connectivity index (χ0v) is 11.6. The van der Waals surface area contributed by atoms with Crippen LogP contribution in [0.2, 0.25) is 0 Å². The average Bonchev–Trinajstić information content (AvgIpc) is 2.89. The highest BCUT2D eigenvalue weighted by atomic mass is 15.4. The summed E-state index contributed by atoms with van der Waals surface area (Å²) in [7, 11) is 0. The molecular formula is C15H17N5. The first-order valence-corrected chi connectivity index (χ1v) is 6.73. The van der Waals surface area contributed by atoms with Gasteiger partial charge in [0, 0.05) is 30.5 Å². The Morgan fingerprint density at radius 2 is 2.05 bits per heavy atom. The molecular weight excluding hydrogens is 250 g/mol. The Labute approximate surface area is 117 Å². The number of nitrogens with zero attached hydrogens (tertiary/aromatic N) is 4. The second-order valence-electron chi connectivity index (χ2n) is 5.03. The van der Waals surface area contributed by atoms with Crippen LogP contribution in [0.15, 0.2) is 42.7 Å². The van der Waals surface area contributed by atoms with Crippen LogP contribution in [0.5, 0.6) is 0 Å². The molecule has 0 aliphatic carbocycles. The Bertz CT molecular complexity index is 717. The molecule has 0 bridgehead atoms. The first-order valence-electron chi connectivity index (χ1n) is 6.73. The van der Waals surface area contributed by atoms with E-state index < -0.39 is 0 Å². The third kappa shape index (κ3) is 2.40. The van der Waals surface area contributed by atoms with Crippen molar-refractivity contribution in [2.45, 2.75) is 26.4 Å². The molecule has 3 rings (SSSR count). The van der Waals surface area contributed by atoms with Crippen LogP contribution in [-0.4, -0.2) is 26.0 Å². The van der Waals surface area contributed by atoms with Crippen molar-refractivity contribution in [2.24, 2.45) is 0 Å². The van der Waals surface area contributed by atoms with E-state index in [0.717, 1.165) is 28.8 Å². The molecule has 20 heavy (non-hydrogen) atoms. The predicted molar refractivity (Wildman–Crippen MR) is 78.6 cm³/mol. The van der Waals surface area contributed by atoms with Crippen LogP contribution >= 0.6 is 0 Å². The largest absolute Gasteiger partial charge is 0.310 e. The van der Waals surface area contributed by atoms with Gasteiger partial charge in [0.05, 0.1) is 11.2 Å². The number of pyridine rings is 1. The molecule has 2 aromatic heterocycles. The highest BCUT2D eigenvalue weighted by Gasteiger charge is 2.10. The van der Waals surface area contributed by atoms with Crippen molar-refractivity contribution in [2.75, 3.05) is 0 Å². The van der Waals surface area contributed by atoms with Crippen LogP contribution in [0.3, 0.4) is 0 Å². The number of hydrogen-bond acceptors (Lipinski definition) is 4. The molecule has 1 aromatic carbocycles. The number of para-hydroxylation sites is 1. The van der Waals surface area contributed by atoms with E-state index >= 15 is 0 Å². The van der Waals surface area contributed by atoms with Gasteiger partial charge in [0.25, 0.3) is 0 Å². The standard InChI is InChI=1S/C15H17N5/c1-11(2)17-10-12-9-16-8-7-14(12)20-15-6-4-3-5-13(15)18-19-20/h3-9,11,17H,10H2,1-2H3. The summed E-state index contributed by atoms with van der Waals surface area (Å²) in [5.41, 5.74) is 4.02. The second kappa shape index (κ2) is 5.38. The fourth-order valence-electron chi connectivity index (χ4n) is 2.12. The van der Waals surface area contributed by atoms with Gasteiger partial charge in [-0.1, -0.05) is 31.2 Å². The van der Waals surface area contributed by atoms with Crippen molar-refractivity contribution in [3.63, 3.8) is 0 Å². The summed E-state index contributed by atoms with van der Waals surface area (Å²) in [6.45, 7) is 5.01. The molecule has 0 unspecified atom stereocenters. The minimum absolute atomic E-state index is 0.426.